The number of benzene rings is 2. The van der Waals surface area contributed by atoms with Crippen LogP contribution >= 0.6 is 23.2 Å². The SMILES string of the molecule is CCC(COCC(CC)c1ccc(Cl)cc1)c1ccc(Cl)cc1. The Kier molecular flexibility index (Phi) is 7.42. The molecule has 1 nitrogen and oxygen atoms in total. The van der Waals surface area contributed by atoms with Crippen LogP contribution in [0, 0.1) is 0 Å². The monoisotopic (exact) mass is 350 g/mol. The minimum Gasteiger partial charge on any atom is -0.380 e. The van der Waals surface area contributed by atoms with Crippen LogP contribution in [0.2, 0.25) is 10.0 Å². The predicted octanol–water partition coefficient (Wildman–Crippen LogP) is 6.70. The van der Waals surface area contributed by atoms with E-state index in [2.05, 4.69) is 38.1 Å². The summed E-state index contributed by atoms with van der Waals surface area (Å²) in [4.78, 5) is 0. The molecular weight excluding hydrogens is 327 g/mol. The highest BCUT2D eigenvalue weighted by Crippen LogP contribution is 2.25. The van der Waals surface area contributed by atoms with Crippen LogP contribution < -0.4 is 0 Å². The molecule has 2 rings (SSSR count). The van der Waals surface area contributed by atoms with Crippen molar-refractivity contribution in [1.29, 1.82) is 0 Å². The molecule has 0 amide bonds. The molecular formula is C20H24Cl2O. The van der Waals surface area contributed by atoms with Gasteiger partial charge in [-0.1, -0.05) is 61.3 Å². The van der Waals surface area contributed by atoms with Crippen molar-refractivity contribution >= 4 is 23.2 Å². The number of hydrogen-bond acceptors (Lipinski definition) is 1. The lowest BCUT2D eigenvalue weighted by molar-refractivity contribution is 0.104. The van der Waals surface area contributed by atoms with Crippen molar-refractivity contribution in [3.8, 4) is 0 Å². The van der Waals surface area contributed by atoms with Crippen LogP contribution in [0.4, 0.5) is 0 Å². The van der Waals surface area contributed by atoms with Gasteiger partial charge in [-0.05, 0) is 48.2 Å². The van der Waals surface area contributed by atoms with Gasteiger partial charge in [-0.15, -0.1) is 0 Å². The lowest BCUT2D eigenvalue weighted by Gasteiger charge is -2.20. The molecule has 0 bridgehead atoms. The molecule has 0 saturated carbocycles. The zero-order chi connectivity index (χ0) is 16.7. The largest absolute Gasteiger partial charge is 0.380 e. The highest BCUT2D eigenvalue weighted by Gasteiger charge is 2.13. The van der Waals surface area contributed by atoms with Crippen molar-refractivity contribution in [2.45, 2.75) is 38.5 Å². The molecule has 2 unspecified atom stereocenters. The molecule has 0 aromatic heterocycles. The minimum absolute atomic E-state index is 0.412. The maximum atomic E-state index is 6.04. The smallest absolute Gasteiger partial charge is 0.0534 e. The fourth-order valence-corrected chi connectivity index (χ4v) is 2.97. The van der Waals surface area contributed by atoms with Gasteiger partial charge < -0.3 is 4.74 Å². The Morgan fingerprint density at radius 1 is 0.696 bits per heavy atom. The van der Waals surface area contributed by atoms with Crippen LogP contribution in [0.15, 0.2) is 48.5 Å². The molecule has 23 heavy (non-hydrogen) atoms. The van der Waals surface area contributed by atoms with E-state index in [-0.39, 0.29) is 0 Å². The average molecular weight is 351 g/mol. The summed E-state index contributed by atoms with van der Waals surface area (Å²) in [5.41, 5.74) is 2.58. The molecule has 0 aliphatic rings. The summed E-state index contributed by atoms with van der Waals surface area (Å²) >= 11 is 11.9. The molecule has 2 aromatic rings. The van der Waals surface area contributed by atoms with Gasteiger partial charge in [-0.25, -0.2) is 0 Å². The zero-order valence-corrected chi connectivity index (χ0v) is 15.3. The van der Waals surface area contributed by atoms with E-state index in [0.717, 1.165) is 36.1 Å². The van der Waals surface area contributed by atoms with E-state index in [4.69, 9.17) is 27.9 Å². The third kappa shape index (κ3) is 5.53. The maximum absolute atomic E-state index is 6.04. The second kappa shape index (κ2) is 9.32. The topological polar surface area (TPSA) is 9.23 Å². The molecule has 0 aliphatic heterocycles. The van der Waals surface area contributed by atoms with Crippen LogP contribution in [0.1, 0.15) is 49.7 Å². The summed E-state index contributed by atoms with van der Waals surface area (Å²) in [5.74, 6) is 0.824. The Bertz CT molecular complexity index is 524. The molecule has 0 N–H and O–H groups in total. The summed E-state index contributed by atoms with van der Waals surface area (Å²) in [6.07, 6.45) is 2.11. The molecule has 2 aromatic carbocycles. The van der Waals surface area contributed by atoms with Gasteiger partial charge in [0, 0.05) is 21.9 Å². The Labute approximate surface area is 149 Å². The highest BCUT2D eigenvalue weighted by atomic mass is 35.5. The van der Waals surface area contributed by atoms with Gasteiger partial charge >= 0.3 is 0 Å². The first kappa shape index (κ1) is 18.3. The van der Waals surface area contributed by atoms with Crippen molar-refractivity contribution in [2.24, 2.45) is 0 Å². The van der Waals surface area contributed by atoms with Crippen molar-refractivity contribution in [3.63, 3.8) is 0 Å². The average Bonchev–Trinajstić information content (AvgIpc) is 2.57. The number of hydrogen-bond donors (Lipinski definition) is 0. The predicted molar refractivity (Wildman–Crippen MR) is 99.8 cm³/mol. The first-order valence-electron chi connectivity index (χ1n) is 8.22. The molecule has 0 saturated heterocycles. The fourth-order valence-electron chi connectivity index (χ4n) is 2.72. The summed E-state index contributed by atoms with van der Waals surface area (Å²) in [6.45, 7) is 5.86. The lowest BCUT2D eigenvalue weighted by atomic mass is 9.96. The highest BCUT2D eigenvalue weighted by molar-refractivity contribution is 6.30. The van der Waals surface area contributed by atoms with Gasteiger partial charge in [0.15, 0.2) is 0 Å². The van der Waals surface area contributed by atoms with Crippen LogP contribution in [0.25, 0.3) is 0 Å². The molecule has 0 spiro atoms. The molecule has 0 aliphatic carbocycles. The van der Waals surface area contributed by atoms with Gasteiger partial charge in [0.2, 0.25) is 0 Å². The van der Waals surface area contributed by atoms with E-state index in [9.17, 15) is 0 Å². The van der Waals surface area contributed by atoms with Crippen molar-refractivity contribution in [2.75, 3.05) is 13.2 Å². The standard InChI is InChI=1S/C20H24Cl2O/c1-3-15(17-5-9-19(21)10-6-17)13-23-14-16(4-2)18-7-11-20(22)12-8-18/h5-12,15-16H,3-4,13-14H2,1-2H3. The molecule has 124 valence electrons. The first-order valence-corrected chi connectivity index (χ1v) is 8.98. The van der Waals surface area contributed by atoms with Crippen molar-refractivity contribution in [3.05, 3.63) is 69.7 Å². The third-order valence-corrected chi connectivity index (χ3v) is 4.81. The molecule has 0 heterocycles. The number of rotatable bonds is 8. The molecule has 0 fully saturated rings. The normalized spacial score (nSPS) is 13.7. The quantitative estimate of drug-likeness (QED) is 0.514. The fraction of sp³-hybridized carbons (Fsp3) is 0.400. The Hall–Kier alpha value is -1.02. The molecule has 3 heteroatoms. The van der Waals surface area contributed by atoms with Gasteiger partial charge in [-0.3, -0.25) is 0 Å². The van der Waals surface area contributed by atoms with E-state index >= 15 is 0 Å². The van der Waals surface area contributed by atoms with Crippen LogP contribution in [-0.2, 0) is 4.74 Å². The van der Waals surface area contributed by atoms with Gasteiger partial charge in [0.05, 0.1) is 13.2 Å². The second-order valence-corrected chi connectivity index (χ2v) is 6.72. The van der Waals surface area contributed by atoms with Crippen molar-refractivity contribution < 1.29 is 4.74 Å². The van der Waals surface area contributed by atoms with Gasteiger partial charge in [0.1, 0.15) is 0 Å². The second-order valence-electron chi connectivity index (χ2n) is 5.85. The van der Waals surface area contributed by atoms with E-state index in [0.29, 0.717) is 11.8 Å². The summed E-state index contributed by atoms with van der Waals surface area (Å²) in [7, 11) is 0. The number of ether oxygens (including phenoxy) is 1. The lowest BCUT2D eigenvalue weighted by Crippen LogP contribution is -2.12. The van der Waals surface area contributed by atoms with Crippen molar-refractivity contribution in [1.82, 2.24) is 0 Å². The van der Waals surface area contributed by atoms with E-state index in [1.807, 2.05) is 24.3 Å². The zero-order valence-electron chi connectivity index (χ0n) is 13.8. The maximum Gasteiger partial charge on any atom is 0.0534 e. The Morgan fingerprint density at radius 3 is 1.35 bits per heavy atom. The first-order chi connectivity index (χ1) is 11.1. The minimum atomic E-state index is 0.412. The summed E-state index contributed by atoms with van der Waals surface area (Å²) < 4.78 is 6.04. The van der Waals surface area contributed by atoms with Crippen LogP contribution in [-0.4, -0.2) is 13.2 Å². The van der Waals surface area contributed by atoms with Crippen LogP contribution in [0.5, 0.6) is 0 Å². The van der Waals surface area contributed by atoms with E-state index in [1.165, 1.54) is 11.1 Å². The van der Waals surface area contributed by atoms with Crippen LogP contribution in [0.3, 0.4) is 0 Å². The third-order valence-electron chi connectivity index (χ3n) is 4.31. The van der Waals surface area contributed by atoms with Gasteiger partial charge in [0.25, 0.3) is 0 Å². The van der Waals surface area contributed by atoms with E-state index in [1.54, 1.807) is 0 Å². The Morgan fingerprint density at radius 2 is 1.04 bits per heavy atom. The summed E-state index contributed by atoms with van der Waals surface area (Å²) in [5, 5.41) is 1.55. The van der Waals surface area contributed by atoms with E-state index < -0.39 is 0 Å². The summed E-state index contributed by atoms with van der Waals surface area (Å²) in [6, 6.07) is 16.2. The Balaban J connectivity index is 1.90. The number of halogens is 2. The molecule has 0 radical (unpaired) electrons. The van der Waals surface area contributed by atoms with Gasteiger partial charge in [-0.2, -0.15) is 0 Å². The molecule has 2 atom stereocenters.